The maximum Gasteiger partial charge on any atom is 0.410 e. The van der Waals surface area contributed by atoms with Gasteiger partial charge in [-0.1, -0.05) is 36.4 Å². The summed E-state index contributed by atoms with van der Waals surface area (Å²) < 4.78 is 7.73. The molecule has 192 valence electrons. The number of rotatable bonds is 5. The molecule has 0 radical (unpaired) electrons. The summed E-state index contributed by atoms with van der Waals surface area (Å²) in [5, 5.41) is 6.48. The molecular formula is C29H32N4O4. The number of fused-ring (bicyclic) bond motifs is 1. The van der Waals surface area contributed by atoms with Crippen LogP contribution in [0, 0.1) is 5.92 Å². The minimum atomic E-state index is -0.534. The zero-order valence-electron chi connectivity index (χ0n) is 21.4. The number of anilines is 1. The van der Waals surface area contributed by atoms with Crippen molar-refractivity contribution in [2.24, 2.45) is 5.92 Å². The van der Waals surface area contributed by atoms with Crippen LogP contribution in [-0.4, -0.2) is 46.1 Å². The zero-order valence-corrected chi connectivity index (χ0v) is 21.4. The third-order valence-corrected chi connectivity index (χ3v) is 6.66. The van der Waals surface area contributed by atoms with E-state index in [1.54, 1.807) is 4.90 Å². The molecule has 8 heteroatoms. The average molecular weight is 501 g/mol. The van der Waals surface area contributed by atoms with Gasteiger partial charge in [0.05, 0.1) is 5.57 Å². The highest BCUT2D eigenvalue weighted by molar-refractivity contribution is 6.38. The molecule has 0 saturated carbocycles. The van der Waals surface area contributed by atoms with Crippen LogP contribution >= 0.6 is 0 Å². The van der Waals surface area contributed by atoms with Crippen molar-refractivity contribution in [3.63, 3.8) is 0 Å². The van der Waals surface area contributed by atoms with Crippen molar-refractivity contribution in [1.82, 2.24) is 14.8 Å². The Morgan fingerprint density at radius 2 is 1.78 bits per heavy atom. The van der Waals surface area contributed by atoms with Gasteiger partial charge in [-0.05, 0) is 57.7 Å². The summed E-state index contributed by atoms with van der Waals surface area (Å²) in [5.74, 6) is -0.624. The minimum absolute atomic E-state index is 0.236. The van der Waals surface area contributed by atoms with Crippen LogP contribution in [0.1, 0.15) is 39.2 Å². The van der Waals surface area contributed by atoms with Crippen molar-refractivity contribution in [1.29, 1.82) is 0 Å². The summed E-state index contributed by atoms with van der Waals surface area (Å²) in [6.45, 7) is 7.61. The van der Waals surface area contributed by atoms with Gasteiger partial charge in [-0.2, -0.15) is 0 Å². The van der Waals surface area contributed by atoms with E-state index >= 15 is 0 Å². The summed E-state index contributed by atoms with van der Waals surface area (Å²) in [4.78, 5) is 40.1. The Hall–Kier alpha value is -4.07. The second-order valence-electron chi connectivity index (χ2n) is 10.7. The normalized spacial score (nSPS) is 18.4. The van der Waals surface area contributed by atoms with Gasteiger partial charge < -0.3 is 19.5 Å². The first kappa shape index (κ1) is 24.6. The molecule has 0 bridgehead atoms. The Balaban J connectivity index is 1.46. The molecule has 3 heterocycles. The topological polar surface area (TPSA) is 92.7 Å². The lowest BCUT2D eigenvalue weighted by Gasteiger charge is -2.34. The number of amides is 3. The molecule has 1 fully saturated rings. The monoisotopic (exact) mass is 500 g/mol. The van der Waals surface area contributed by atoms with Crippen molar-refractivity contribution >= 4 is 40.1 Å². The molecule has 2 N–H and O–H groups in total. The fourth-order valence-corrected chi connectivity index (χ4v) is 5.08. The van der Waals surface area contributed by atoms with Crippen LogP contribution in [-0.2, 0) is 20.9 Å². The molecule has 3 aromatic rings. The number of carbonyl (C=O) groups is 3. The van der Waals surface area contributed by atoms with Crippen LogP contribution in [0.3, 0.4) is 0 Å². The molecule has 2 aliphatic rings. The van der Waals surface area contributed by atoms with Gasteiger partial charge in [-0.3, -0.25) is 14.9 Å². The van der Waals surface area contributed by atoms with E-state index < -0.39 is 17.4 Å². The van der Waals surface area contributed by atoms with Crippen molar-refractivity contribution < 1.29 is 19.1 Å². The molecule has 2 aromatic carbocycles. The van der Waals surface area contributed by atoms with Crippen LogP contribution in [0.25, 0.3) is 16.5 Å². The second-order valence-corrected chi connectivity index (χ2v) is 10.7. The zero-order chi connectivity index (χ0) is 26.2. The second kappa shape index (κ2) is 9.76. The number of aromatic nitrogens is 1. The van der Waals surface area contributed by atoms with Gasteiger partial charge in [-0.15, -0.1) is 0 Å². The molecule has 8 nitrogen and oxygen atoms in total. The summed E-state index contributed by atoms with van der Waals surface area (Å²) in [6, 6.07) is 17.2. The van der Waals surface area contributed by atoms with Gasteiger partial charge >= 0.3 is 6.09 Å². The Morgan fingerprint density at radius 1 is 1.05 bits per heavy atom. The van der Waals surface area contributed by atoms with E-state index in [9.17, 15) is 14.4 Å². The molecule has 3 amide bonds. The van der Waals surface area contributed by atoms with Crippen LogP contribution in [0.2, 0.25) is 0 Å². The van der Waals surface area contributed by atoms with Crippen LogP contribution < -0.4 is 10.6 Å². The van der Waals surface area contributed by atoms with Crippen molar-refractivity contribution in [2.75, 3.05) is 18.4 Å². The predicted molar refractivity (Wildman–Crippen MR) is 143 cm³/mol. The first-order chi connectivity index (χ1) is 17.7. The molecule has 1 unspecified atom stereocenters. The van der Waals surface area contributed by atoms with Crippen LogP contribution in [0.4, 0.5) is 10.5 Å². The number of imide groups is 1. The fraction of sp³-hybridized carbons (Fsp3) is 0.345. The Bertz CT molecular complexity index is 1380. The van der Waals surface area contributed by atoms with Gasteiger partial charge in [0.15, 0.2) is 0 Å². The third kappa shape index (κ3) is 5.23. The smallest absolute Gasteiger partial charge is 0.410 e. The van der Waals surface area contributed by atoms with E-state index in [1.807, 2.05) is 81.6 Å². The predicted octanol–water partition coefficient (Wildman–Crippen LogP) is 4.77. The molecule has 2 aliphatic heterocycles. The largest absolute Gasteiger partial charge is 0.444 e. The highest BCUT2D eigenvalue weighted by Crippen LogP contribution is 2.33. The lowest BCUT2D eigenvalue weighted by molar-refractivity contribution is -0.123. The third-order valence-electron chi connectivity index (χ3n) is 6.66. The molecular weight excluding hydrogens is 468 g/mol. The SMILES string of the molecule is CC(C)(C)OC(=O)N1CCCC(Cn2cc(C3=C(Nc4ccccc4)C(=O)NC3=O)c3ccccc32)C1. The first-order valence-corrected chi connectivity index (χ1v) is 12.7. The standard InChI is InChI=1S/C29H32N4O4/c1-29(2,3)37-28(36)32-15-9-10-19(16-32)17-33-18-22(21-13-7-8-14-23(21)33)24-25(27(35)31-26(24)34)30-20-11-5-4-6-12-20/h4-8,11-14,18-19H,9-10,15-17H2,1-3H3,(H2,30,31,34,35). The first-order valence-electron chi connectivity index (χ1n) is 12.7. The highest BCUT2D eigenvalue weighted by atomic mass is 16.6. The van der Waals surface area contributed by atoms with E-state index in [4.69, 9.17) is 4.74 Å². The number of ether oxygens (including phenoxy) is 1. The molecule has 0 aliphatic carbocycles. The van der Waals surface area contributed by atoms with Gasteiger partial charge in [0, 0.05) is 48.0 Å². The fourth-order valence-electron chi connectivity index (χ4n) is 5.08. The van der Waals surface area contributed by atoms with E-state index in [-0.39, 0.29) is 17.7 Å². The van der Waals surface area contributed by atoms with Crippen molar-refractivity contribution in [2.45, 2.75) is 45.8 Å². The Kier molecular flexibility index (Phi) is 6.50. The van der Waals surface area contributed by atoms with Gasteiger partial charge in [0.2, 0.25) is 0 Å². The molecule has 5 rings (SSSR count). The Morgan fingerprint density at radius 3 is 2.54 bits per heavy atom. The summed E-state index contributed by atoms with van der Waals surface area (Å²) in [5.41, 5.74) is 2.46. The molecule has 1 atom stereocenters. The lowest BCUT2D eigenvalue weighted by Crippen LogP contribution is -2.43. The number of hydrogen-bond acceptors (Lipinski definition) is 5. The number of piperidine rings is 1. The highest BCUT2D eigenvalue weighted by Gasteiger charge is 2.34. The molecule has 1 aromatic heterocycles. The van der Waals surface area contributed by atoms with Gasteiger partial charge in [0.25, 0.3) is 11.8 Å². The number of hydrogen-bond donors (Lipinski definition) is 2. The van der Waals surface area contributed by atoms with Crippen molar-refractivity contribution in [3.8, 4) is 0 Å². The maximum atomic E-state index is 13.0. The number of likely N-dealkylation sites (tertiary alicyclic amines) is 1. The molecule has 0 spiro atoms. The number of nitrogens with zero attached hydrogens (tertiary/aromatic N) is 2. The van der Waals surface area contributed by atoms with Crippen LogP contribution in [0.15, 0.2) is 66.5 Å². The van der Waals surface area contributed by atoms with E-state index in [0.717, 1.165) is 29.4 Å². The number of carbonyl (C=O) groups excluding carboxylic acids is 3. The number of nitrogens with one attached hydrogen (secondary N) is 2. The van der Waals surface area contributed by atoms with E-state index in [2.05, 4.69) is 15.2 Å². The summed E-state index contributed by atoms with van der Waals surface area (Å²) in [7, 11) is 0. The minimum Gasteiger partial charge on any atom is -0.444 e. The number of benzene rings is 2. The van der Waals surface area contributed by atoms with E-state index in [0.29, 0.717) is 30.8 Å². The summed E-state index contributed by atoms with van der Waals surface area (Å²) in [6.07, 6.45) is 3.57. The van der Waals surface area contributed by atoms with Gasteiger partial charge in [0.1, 0.15) is 11.3 Å². The van der Waals surface area contributed by atoms with Crippen LogP contribution in [0.5, 0.6) is 0 Å². The Labute approximate surface area is 216 Å². The van der Waals surface area contributed by atoms with E-state index in [1.165, 1.54) is 0 Å². The van der Waals surface area contributed by atoms with Gasteiger partial charge in [-0.25, -0.2) is 4.79 Å². The maximum absolute atomic E-state index is 13.0. The average Bonchev–Trinajstić information content (AvgIpc) is 3.34. The quantitative estimate of drug-likeness (QED) is 0.493. The number of para-hydroxylation sites is 2. The summed E-state index contributed by atoms with van der Waals surface area (Å²) >= 11 is 0. The van der Waals surface area contributed by atoms with Crippen molar-refractivity contribution in [3.05, 3.63) is 72.1 Å². The molecule has 1 saturated heterocycles. The molecule has 37 heavy (non-hydrogen) atoms. The lowest BCUT2D eigenvalue weighted by atomic mass is 9.98.